The number of hydrogen-bond donors (Lipinski definition) is 1. The summed E-state index contributed by atoms with van der Waals surface area (Å²) in [5.74, 6) is 0. The number of hydrogen-bond acceptors (Lipinski definition) is 1. The lowest BCUT2D eigenvalue weighted by atomic mass is 9.96. The Balaban J connectivity index is 2.32. The van der Waals surface area contributed by atoms with E-state index in [9.17, 15) is 0 Å². The molecule has 1 saturated carbocycles. The van der Waals surface area contributed by atoms with E-state index in [0.717, 1.165) is 18.4 Å². The van der Waals surface area contributed by atoms with Crippen LogP contribution >= 0.6 is 0 Å². The fraction of sp³-hybridized carbons (Fsp3) is 0.250. The van der Waals surface area contributed by atoms with Crippen LogP contribution in [-0.4, -0.2) is 4.98 Å². The van der Waals surface area contributed by atoms with E-state index in [2.05, 4.69) is 23.2 Å². The minimum atomic E-state index is -0.190. The number of nitrogens with zero attached hydrogens (tertiary/aromatic N) is 1. The predicted octanol–water partition coefficient (Wildman–Crippen LogP) is 2.72. The lowest BCUT2D eigenvalue weighted by Gasteiger charge is -2.06. The van der Waals surface area contributed by atoms with Crippen LogP contribution in [0.25, 0.3) is 10.9 Å². The fourth-order valence-electron chi connectivity index (χ4n) is 2.05. The fourth-order valence-corrected chi connectivity index (χ4v) is 2.05. The molecule has 68 valence electrons. The van der Waals surface area contributed by atoms with Crippen LogP contribution in [0.1, 0.15) is 18.4 Å². The van der Waals surface area contributed by atoms with Crippen molar-refractivity contribution in [2.45, 2.75) is 18.3 Å². The molecule has 1 fully saturated rings. The van der Waals surface area contributed by atoms with Gasteiger partial charge in [0.05, 0.1) is 17.0 Å². The third-order valence-corrected chi connectivity index (χ3v) is 3.07. The van der Waals surface area contributed by atoms with Gasteiger partial charge in [-0.1, -0.05) is 18.2 Å². The van der Waals surface area contributed by atoms with Gasteiger partial charge >= 0.3 is 0 Å². The van der Waals surface area contributed by atoms with E-state index in [1.54, 1.807) is 0 Å². The van der Waals surface area contributed by atoms with Gasteiger partial charge in [0.1, 0.15) is 0 Å². The van der Waals surface area contributed by atoms with E-state index in [4.69, 9.17) is 5.26 Å². The largest absolute Gasteiger partial charge is 0.361 e. The number of nitrogens with one attached hydrogen (secondary N) is 1. The maximum atomic E-state index is 9.14. The van der Waals surface area contributed by atoms with Gasteiger partial charge in [0.2, 0.25) is 0 Å². The Bertz CT molecular complexity index is 526. The summed E-state index contributed by atoms with van der Waals surface area (Å²) >= 11 is 0. The molecule has 0 spiro atoms. The summed E-state index contributed by atoms with van der Waals surface area (Å²) in [4.78, 5) is 3.22. The van der Waals surface area contributed by atoms with Crippen LogP contribution in [-0.2, 0) is 5.41 Å². The Morgan fingerprint density at radius 1 is 1.29 bits per heavy atom. The van der Waals surface area contributed by atoms with Crippen molar-refractivity contribution in [1.82, 2.24) is 4.98 Å². The molecule has 3 rings (SSSR count). The molecule has 0 amide bonds. The van der Waals surface area contributed by atoms with Crippen molar-refractivity contribution in [3.05, 3.63) is 36.0 Å². The first-order valence-electron chi connectivity index (χ1n) is 4.84. The molecule has 0 bridgehead atoms. The normalized spacial score (nSPS) is 17.9. The predicted molar refractivity (Wildman–Crippen MR) is 54.8 cm³/mol. The van der Waals surface area contributed by atoms with Gasteiger partial charge in [-0.3, -0.25) is 0 Å². The van der Waals surface area contributed by atoms with Crippen molar-refractivity contribution < 1.29 is 0 Å². The molecule has 2 nitrogen and oxygen atoms in total. The average molecular weight is 182 g/mol. The minimum Gasteiger partial charge on any atom is -0.361 e. The first kappa shape index (κ1) is 7.64. The molecular weight excluding hydrogens is 172 g/mol. The number of nitriles is 1. The maximum Gasteiger partial charge on any atom is 0.0843 e. The third-order valence-electron chi connectivity index (χ3n) is 3.07. The SMILES string of the molecule is N#CC1(c2cccc3cc[nH]c23)CC1. The standard InChI is InChI=1S/C12H10N2/c13-8-12(5-6-12)10-3-1-2-9-4-7-14-11(9)10/h1-4,7,14H,5-6H2. The van der Waals surface area contributed by atoms with Gasteiger partial charge in [0.15, 0.2) is 0 Å². The molecule has 0 atom stereocenters. The van der Waals surface area contributed by atoms with Crippen molar-refractivity contribution in [3.63, 3.8) is 0 Å². The summed E-state index contributed by atoms with van der Waals surface area (Å²) in [6.07, 6.45) is 3.94. The Morgan fingerprint density at radius 2 is 2.14 bits per heavy atom. The zero-order valence-corrected chi connectivity index (χ0v) is 7.75. The van der Waals surface area contributed by atoms with Crippen molar-refractivity contribution in [2.24, 2.45) is 0 Å². The number of aromatic amines is 1. The van der Waals surface area contributed by atoms with E-state index in [1.165, 1.54) is 10.9 Å². The zero-order valence-electron chi connectivity index (χ0n) is 7.75. The van der Waals surface area contributed by atoms with Gasteiger partial charge in [-0.2, -0.15) is 5.26 Å². The van der Waals surface area contributed by atoms with Crippen molar-refractivity contribution in [1.29, 1.82) is 5.26 Å². The molecule has 0 radical (unpaired) electrons. The summed E-state index contributed by atoms with van der Waals surface area (Å²) in [7, 11) is 0. The van der Waals surface area contributed by atoms with Gasteiger partial charge in [-0.15, -0.1) is 0 Å². The number of para-hydroxylation sites is 1. The smallest absolute Gasteiger partial charge is 0.0843 e. The first-order chi connectivity index (χ1) is 6.86. The van der Waals surface area contributed by atoms with E-state index < -0.39 is 0 Å². The van der Waals surface area contributed by atoms with E-state index in [1.807, 2.05) is 18.3 Å². The molecule has 0 aliphatic heterocycles. The lowest BCUT2D eigenvalue weighted by Crippen LogP contribution is -2.02. The van der Waals surface area contributed by atoms with Crippen molar-refractivity contribution >= 4 is 10.9 Å². The number of benzene rings is 1. The molecule has 1 aromatic carbocycles. The highest BCUT2D eigenvalue weighted by Crippen LogP contribution is 2.49. The molecule has 0 saturated heterocycles. The quantitative estimate of drug-likeness (QED) is 0.723. The first-order valence-corrected chi connectivity index (χ1v) is 4.84. The molecule has 14 heavy (non-hydrogen) atoms. The van der Waals surface area contributed by atoms with Crippen LogP contribution < -0.4 is 0 Å². The molecule has 1 N–H and O–H groups in total. The number of rotatable bonds is 1. The van der Waals surface area contributed by atoms with E-state index in [-0.39, 0.29) is 5.41 Å². The highest BCUT2D eigenvalue weighted by Gasteiger charge is 2.46. The summed E-state index contributed by atoms with van der Waals surface area (Å²) in [5, 5.41) is 10.3. The van der Waals surface area contributed by atoms with Gasteiger partial charge in [0, 0.05) is 6.20 Å². The summed E-state index contributed by atoms with van der Waals surface area (Å²) in [6.45, 7) is 0. The highest BCUT2D eigenvalue weighted by molar-refractivity contribution is 5.84. The Hall–Kier alpha value is -1.75. The molecule has 2 heteroatoms. The molecule has 1 aliphatic carbocycles. The van der Waals surface area contributed by atoms with Crippen LogP contribution in [0, 0.1) is 11.3 Å². The second-order valence-electron chi connectivity index (χ2n) is 3.94. The van der Waals surface area contributed by atoms with Gasteiger partial charge in [0.25, 0.3) is 0 Å². The summed E-state index contributed by atoms with van der Waals surface area (Å²) in [6, 6.07) is 10.6. The summed E-state index contributed by atoms with van der Waals surface area (Å²) in [5.41, 5.74) is 2.11. The van der Waals surface area contributed by atoms with Crippen molar-refractivity contribution in [3.8, 4) is 6.07 Å². The number of fused-ring (bicyclic) bond motifs is 1. The Morgan fingerprint density at radius 3 is 2.86 bits per heavy atom. The number of H-pyrrole nitrogens is 1. The second kappa shape index (κ2) is 2.39. The van der Waals surface area contributed by atoms with Crippen LogP contribution in [0.5, 0.6) is 0 Å². The number of aromatic nitrogens is 1. The second-order valence-corrected chi connectivity index (χ2v) is 3.94. The zero-order chi connectivity index (χ0) is 9.60. The molecule has 1 aliphatic rings. The molecule has 1 heterocycles. The highest BCUT2D eigenvalue weighted by atomic mass is 14.7. The lowest BCUT2D eigenvalue weighted by molar-refractivity contribution is 0.917. The topological polar surface area (TPSA) is 39.6 Å². The monoisotopic (exact) mass is 182 g/mol. The molecule has 0 unspecified atom stereocenters. The molecule has 2 aromatic rings. The van der Waals surface area contributed by atoms with Gasteiger partial charge < -0.3 is 4.98 Å². The summed E-state index contributed by atoms with van der Waals surface area (Å²) < 4.78 is 0. The van der Waals surface area contributed by atoms with Gasteiger partial charge in [-0.25, -0.2) is 0 Å². The Labute approximate surface area is 82.2 Å². The van der Waals surface area contributed by atoms with Crippen LogP contribution in [0.4, 0.5) is 0 Å². The van der Waals surface area contributed by atoms with Gasteiger partial charge in [-0.05, 0) is 29.9 Å². The maximum absolute atomic E-state index is 9.14. The van der Waals surface area contributed by atoms with Crippen LogP contribution in [0.3, 0.4) is 0 Å². The Kier molecular flexibility index (Phi) is 1.30. The van der Waals surface area contributed by atoms with E-state index >= 15 is 0 Å². The van der Waals surface area contributed by atoms with Crippen LogP contribution in [0.2, 0.25) is 0 Å². The van der Waals surface area contributed by atoms with E-state index in [0.29, 0.717) is 0 Å². The van der Waals surface area contributed by atoms with Crippen molar-refractivity contribution in [2.75, 3.05) is 0 Å². The average Bonchev–Trinajstić information content (AvgIpc) is 2.87. The minimum absolute atomic E-state index is 0.190. The molecular formula is C12H10N2. The van der Waals surface area contributed by atoms with Crippen LogP contribution in [0.15, 0.2) is 30.5 Å². The molecule has 1 aromatic heterocycles. The third kappa shape index (κ3) is 0.843.